The molecule has 1 N–H and O–H groups in total. The molecule has 0 fully saturated rings. The zero-order valence-electron chi connectivity index (χ0n) is 10.9. The summed E-state index contributed by atoms with van der Waals surface area (Å²) < 4.78 is 2.10. The smallest absolute Gasteiger partial charge is 0.138 e. The van der Waals surface area contributed by atoms with Gasteiger partial charge in [-0.1, -0.05) is 37.3 Å². The van der Waals surface area contributed by atoms with Gasteiger partial charge in [-0.15, -0.1) is 0 Å². The maximum Gasteiger partial charge on any atom is 0.138 e. The van der Waals surface area contributed by atoms with Crippen molar-refractivity contribution >= 4 is 5.65 Å². The van der Waals surface area contributed by atoms with Gasteiger partial charge in [-0.05, 0) is 24.1 Å². The largest absolute Gasteiger partial charge is 0.392 e. The van der Waals surface area contributed by atoms with E-state index in [1.165, 1.54) is 5.69 Å². The van der Waals surface area contributed by atoms with Crippen molar-refractivity contribution in [3.63, 3.8) is 0 Å². The van der Waals surface area contributed by atoms with Gasteiger partial charge >= 0.3 is 0 Å². The molecule has 3 heteroatoms. The summed E-state index contributed by atoms with van der Waals surface area (Å²) in [6.07, 6.45) is 2.91. The second-order valence-electron chi connectivity index (χ2n) is 4.55. The molecule has 0 unspecified atom stereocenters. The van der Waals surface area contributed by atoms with E-state index < -0.39 is 0 Å². The summed E-state index contributed by atoms with van der Waals surface area (Å²) in [6, 6.07) is 14.1. The Kier molecular flexibility index (Phi) is 3.05. The number of imidazole rings is 1. The van der Waals surface area contributed by atoms with Crippen LogP contribution in [0.2, 0.25) is 0 Å². The normalized spacial score (nSPS) is 11.1. The molecule has 3 aromatic rings. The highest BCUT2D eigenvalue weighted by molar-refractivity contribution is 5.66. The molecule has 2 heterocycles. The molecule has 0 aliphatic heterocycles. The Labute approximate surface area is 112 Å². The van der Waals surface area contributed by atoms with Gasteiger partial charge in [0.05, 0.1) is 18.0 Å². The lowest BCUT2D eigenvalue weighted by Gasteiger charge is -2.02. The summed E-state index contributed by atoms with van der Waals surface area (Å²) in [7, 11) is 0. The van der Waals surface area contributed by atoms with Gasteiger partial charge in [-0.2, -0.15) is 0 Å². The van der Waals surface area contributed by atoms with Gasteiger partial charge in [0.15, 0.2) is 0 Å². The van der Waals surface area contributed by atoms with Crippen LogP contribution in [0.5, 0.6) is 0 Å². The summed E-state index contributed by atoms with van der Waals surface area (Å²) in [6.45, 7) is 2.18. The van der Waals surface area contributed by atoms with Crippen molar-refractivity contribution in [2.45, 2.75) is 20.0 Å². The van der Waals surface area contributed by atoms with Crippen molar-refractivity contribution in [2.75, 3.05) is 0 Å². The van der Waals surface area contributed by atoms with Crippen LogP contribution in [0.15, 0.2) is 48.7 Å². The summed E-state index contributed by atoms with van der Waals surface area (Å²) in [5.74, 6) is 0. The van der Waals surface area contributed by atoms with Crippen LogP contribution in [0.1, 0.15) is 18.2 Å². The number of pyridine rings is 1. The van der Waals surface area contributed by atoms with E-state index in [-0.39, 0.29) is 6.61 Å². The Hall–Kier alpha value is -2.13. The molecule has 0 atom stereocenters. The third-order valence-electron chi connectivity index (χ3n) is 3.35. The number of nitrogens with zero attached hydrogens (tertiary/aromatic N) is 2. The molecule has 0 bridgehead atoms. The van der Waals surface area contributed by atoms with Crippen molar-refractivity contribution < 1.29 is 5.11 Å². The molecule has 0 aliphatic rings. The number of rotatable bonds is 3. The van der Waals surface area contributed by atoms with Crippen LogP contribution in [0.4, 0.5) is 0 Å². The number of aliphatic hydroxyl groups excluding tert-OH is 1. The maximum atomic E-state index is 9.21. The number of benzene rings is 1. The van der Waals surface area contributed by atoms with Crippen LogP contribution in [0.3, 0.4) is 0 Å². The summed E-state index contributed by atoms with van der Waals surface area (Å²) in [5, 5.41) is 9.21. The van der Waals surface area contributed by atoms with E-state index >= 15 is 0 Å². The predicted molar refractivity (Wildman–Crippen MR) is 75.9 cm³/mol. The molecule has 19 heavy (non-hydrogen) atoms. The van der Waals surface area contributed by atoms with Gasteiger partial charge in [-0.25, -0.2) is 4.98 Å². The lowest BCUT2D eigenvalue weighted by atomic mass is 10.1. The average molecular weight is 252 g/mol. The third kappa shape index (κ3) is 2.02. The van der Waals surface area contributed by atoms with E-state index in [1.807, 2.05) is 36.5 Å². The first-order chi connectivity index (χ1) is 9.33. The first-order valence-corrected chi connectivity index (χ1v) is 6.49. The van der Waals surface area contributed by atoms with Crippen LogP contribution < -0.4 is 0 Å². The molecule has 3 nitrogen and oxygen atoms in total. The van der Waals surface area contributed by atoms with Crippen LogP contribution in [-0.2, 0) is 13.0 Å². The monoisotopic (exact) mass is 252 g/mol. The number of hydrogen-bond donors (Lipinski definition) is 1. The Morgan fingerprint density at radius 1 is 1.16 bits per heavy atom. The fourth-order valence-electron chi connectivity index (χ4n) is 2.40. The number of fused-ring (bicyclic) bond motifs is 1. The topological polar surface area (TPSA) is 37.5 Å². The minimum Gasteiger partial charge on any atom is -0.392 e. The van der Waals surface area contributed by atoms with E-state index in [0.717, 1.165) is 28.9 Å². The number of aromatic nitrogens is 2. The fourth-order valence-corrected chi connectivity index (χ4v) is 2.40. The zero-order chi connectivity index (χ0) is 13.2. The van der Waals surface area contributed by atoms with Crippen LogP contribution in [0.25, 0.3) is 16.9 Å². The van der Waals surface area contributed by atoms with E-state index in [2.05, 4.69) is 23.5 Å². The lowest BCUT2D eigenvalue weighted by molar-refractivity contribution is 0.282. The third-order valence-corrected chi connectivity index (χ3v) is 3.35. The zero-order valence-corrected chi connectivity index (χ0v) is 10.9. The molecule has 0 amide bonds. The summed E-state index contributed by atoms with van der Waals surface area (Å²) >= 11 is 0. The summed E-state index contributed by atoms with van der Waals surface area (Å²) in [5.41, 5.74) is 5.14. The Morgan fingerprint density at radius 2 is 1.95 bits per heavy atom. The second kappa shape index (κ2) is 4.86. The number of hydrogen-bond acceptors (Lipinski definition) is 2. The van der Waals surface area contributed by atoms with Gasteiger partial charge < -0.3 is 9.51 Å². The van der Waals surface area contributed by atoms with Gasteiger partial charge in [0.1, 0.15) is 5.65 Å². The molecule has 2 aromatic heterocycles. The van der Waals surface area contributed by atoms with E-state index in [0.29, 0.717) is 0 Å². The van der Waals surface area contributed by atoms with Crippen molar-refractivity contribution in [2.24, 2.45) is 0 Å². The van der Waals surface area contributed by atoms with Gasteiger partial charge in [0, 0.05) is 11.8 Å². The molecular weight excluding hydrogens is 236 g/mol. The molecular formula is C16H16N2O. The second-order valence-corrected chi connectivity index (χ2v) is 4.55. The lowest BCUT2D eigenvalue weighted by Crippen LogP contribution is -1.93. The number of aryl methyl sites for hydroxylation is 1. The Bertz CT molecular complexity index is 701. The molecule has 0 aliphatic carbocycles. The standard InChI is InChI=1S/C16H16N2O/c1-2-14-16(13-6-4-3-5-7-13)17-15-10-12(11-19)8-9-18(14)15/h3-10,19H,2,11H2,1H3. The van der Waals surface area contributed by atoms with Crippen molar-refractivity contribution in [3.8, 4) is 11.3 Å². The van der Waals surface area contributed by atoms with Crippen LogP contribution >= 0.6 is 0 Å². The van der Waals surface area contributed by atoms with Crippen molar-refractivity contribution in [3.05, 3.63) is 59.9 Å². The molecule has 0 saturated heterocycles. The molecule has 1 aromatic carbocycles. The van der Waals surface area contributed by atoms with E-state index in [9.17, 15) is 5.11 Å². The predicted octanol–water partition coefficient (Wildman–Crippen LogP) is 3.06. The molecule has 3 rings (SSSR count). The highest BCUT2D eigenvalue weighted by Crippen LogP contribution is 2.25. The average Bonchev–Trinajstić information content (AvgIpc) is 2.85. The number of aliphatic hydroxyl groups is 1. The fraction of sp³-hybridized carbons (Fsp3) is 0.188. The Morgan fingerprint density at radius 3 is 2.63 bits per heavy atom. The van der Waals surface area contributed by atoms with Crippen LogP contribution in [-0.4, -0.2) is 14.5 Å². The Balaban J connectivity index is 2.25. The minimum atomic E-state index is 0.0471. The first-order valence-electron chi connectivity index (χ1n) is 6.49. The van der Waals surface area contributed by atoms with Crippen molar-refractivity contribution in [1.29, 1.82) is 0 Å². The quantitative estimate of drug-likeness (QED) is 0.778. The van der Waals surface area contributed by atoms with E-state index in [1.54, 1.807) is 0 Å². The highest BCUT2D eigenvalue weighted by Gasteiger charge is 2.12. The molecule has 0 radical (unpaired) electrons. The minimum absolute atomic E-state index is 0.0471. The first kappa shape index (κ1) is 11.9. The van der Waals surface area contributed by atoms with Crippen molar-refractivity contribution in [1.82, 2.24) is 9.38 Å². The van der Waals surface area contributed by atoms with Gasteiger partial charge in [0.25, 0.3) is 0 Å². The molecule has 0 spiro atoms. The SMILES string of the molecule is CCc1c(-c2ccccc2)nc2cc(CO)ccn12. The molecule has 0 saturated carbocycles. The molecule has 96 valence electrons. The summed E-state index contributed by atoms with van der Waals surface area (Å²) in [4.78, 5) is 4.71. The van der Waals surface area contributed by atoms with Gasteiger partial charge in [0.2, 0.25) is 0 Å². The maximum absolute atomic E-state index is 9.21. The highest BCUT2D eigenvalue weighted by atomic mass is 16.3. The van der Waals surface area contributed by atoms with Crippen LogP contribution in [0, 0.1) is 0 Å². The van der Waals surface area contributed by atoms with E-state index in [4.69, 9.17) is 4.98 Å². The van der Waals surface area contributed by atoms with Gasteiger partial charge in [-0.3, -0.25) is 0 Å².